The molecule has 1 aromatic heterocycles. The monoisotopic (exact) mass is 317 g/mol. The SMILES string of the molecule is Cc1cc(C(C)(O)CNC(C)c2ccc3c(c2)OCO3)c(C)o1. The van der Waals surface area contributed by atoms with Gasteiger partial charge in [0, 0.05) is 18.2 Å². The molecule has 5 heteroatoms. The molecule has 1 aromatic carbocycles. The highest BCUT2D eigenvalue weighted by atomic mass is 16.7. The second kappa shape index (κ2) is 5.91. The fraction of sp³-hybridized carbons (Fsp3) is 0.444. The van der Waals surface area contributed by atoms with Gasteiger partial charge in [-0.2, -0.15) is 0 Å². The van der Waals surface area contributed by atoms with Gasteiger partial charge in [-0.1, -0.05) is 6.07 Å². The maximum absolute atomic E-state index is 10.8. The van der Waals surface area contributed by atoms with Crippen LogP contribution in [0.15, 0.2) is 28.7 Å². The number of aryl methyl sites for hydroxylation is 2. The predicted octanol–water partition coefficient (Wildman–Crippen LogP) is 3.18. The molecule has 23 heavy (non-hydrogen) atoms. The van der Waals surface area contributed by atoms with Crippen molar-refractivity contribution in [3.8, 4) is 11.5 Å². The van der Waals surface area contributed by atoms with Crippen LogP contribution >= 0.6 is 0 Å². The van der Waals surface area contributed by atoms with E-state index >= 15 is 0 Å². The fourth-order valence-electron chi connectivity index (χ4n) is 2.91. The molecular formula is C18H23NO4. The Labute approximate surface area is 136 Å². The van der Waals surface area contributed by atoms with Crippen molar-refractivity contribution in [2.75, 3.05) is 13.3 Å². The average molecular weight is 317 g/mol. The molecule has 2 unspecified atom stereocenters. The Bertz CT molecular complexity index is 705. The Morgan fingerprint density at radius 1 is 1.22 bits per heavy atom. The second-order valence-electron chi connectivity index (χ2n) is 6.32. The summed E-state index contributed by atoms with van der Waals surface area (Å²) in [5.41, 5.74) is 0.914. The summed E-state index contributed by atoms with van der Waals surface area (Å²) < 4.78 is 16.3. The van der Waals surface area contributed by atoms with Crippen LogP contribution in [0.5, 0.6) is 11.5 Å². The largest absolute Gasteiger partial charge is 0.466 e. The smallest absolute Gasteiger partial charge is 0.231 e. The van der Waals surface area contributed by atoms with Crippen LogP contribution < -0.4 is 14.8 Å². The molecule has 2 aromatic rings. The maximum Gasteiger partial charge on any atom is 0.231 e. The molecule has 0 amide bonds. The standard InChI is InChI=1S/C18H23NO4/c1-11-7-15(13(3)23-11)18(4,20)9-19-12(2)14-5-6-16-17(8-14)22-10-21-16/h5-8,12,19-20H,9-10H2,1-4H3. The molecule has 0 radical (unpaired) electrons. The molecule has 0 bridgehead atoms. The third kappa shape index (κ3) is 3.21. The van der Waals surface area contributed by atoms with Gasteiger partial charge in [0.15, 0.2) is 11.5 Å². The zero-order valence-corrected chi connectivity index (χ0v) is 14.0. The van der Waals surface area contributed by atoms with Gasteiger partial charge < -0.3 is 24.3 Å². The summed E-state index contributed by atoms with van der Waals surface area (Å²) in [5, 5.41) is 14.1. The van der Waals surface area contributed by atoms with Crippen LogP contribution in [0.3, 0.4) is 0 Å². The number of ether oxygens (including phenoxy) is 2. The fourth-order valence-corrected chi connectivity index (χ4v) is 2.91. The molecule has 2 heterocycles. The molecule has 2 atom stereocenters. The van der Waals surface area contributed by atoms with Gasteiger partial charge in [-0.15, -0.1) is 0 Å². The van der Waals surface area contributed by atoms with Gasteiger partial charge in [-0.25, -0.2) is 0 Å². The molecule has 0 aliphatic carbocycles. The van der Waals surface area contributed by atoms with Crippen molar-refractivity contribution >= 4 is 0 Å². The lowest BCUT2D eigenvalue weighted by Gasteiger charge is -2.26. The molecule has 0 saturated heterocycles. The summed E-state index contributed by atoms with van der Waals surface area (Å²) in [6.45, 7) is 8.30. The van der Waals surface area contributed by atoms with Gasteiger partial charge in [-0.05, 0) is 51.5 Å². The van der Waals surface area contributed by atoms with Crippen molar-refractivity contribution in [2.24, 2.45) is 0 Å². The molecule has 124 valence electrons. The van der Waals surface area contributed by atoms with E-state index in [1.54, 1.807) is 6.92 Å². The highest BCUT2D eigenvalue weighted by molar-refractivity contribution is 5.45. The minimum absolute atomic E-state index is 0.0734. The number of nitrogens with one attached hydrogen (secondary N) is 1. The molecule has 0 fully saturated rings. The first-order valence-electron chi connectivity index (χ1n) is 7.79. The topological polar surface area (TPSA) is 63.9 Å². The van der Waals surface area contributed by atoms with E-state index in [9.17, 15) is 5.11 Å². The molecular weight excluding hydrogens is 294 g/mol. The van der Waals surface area contributed by atoms with Crippen molar-refractivity contribution in [3.63, 3.8) is 0 Å². The predicted molar refractivity (Wildman–Crippen MR) is 86.7 cm³/mol. The van der Waals surface area contributed by atoms with E-state index in [1.165, 1.54) is 0 Å². The number of rotatable bonds is 5. The van der Waals surface area contributed by atoms with Crippen molar-refractivity contribution in [1.29, 1.82) is 0 Å². The summed E-state index contributed by atoms with van der Waals surface area (Å²) in [7, 11) is 0. The summed E-state index contributed by atoms with van der Waals surface area (Å²) in [6, 6.07) is 7.86. The first-order valence-corrected chi connectivity index (χ1v) is 7.79. The summed E-state index contributed by atoms with van der Waals surface area (Å²) >= 11 is 0. The van der Waals surface area contributed by atoms with Crippen molar-refractivity contribution in [3.05, 3.63) is 46.9 Å². The van der Waals surface area contributed by atoms with Crippen molar-refractivity contribution < 1.29 is 19.0 Å². The summed E-state index contributed by atoms with van der Waals surface area (Å²) in [5.74, 6) is 3.10. The Kier molecular flexibility index (Phi) is 4.08. The lowest BCUT2D eigenvalue weighted by Crippen LogP contribution is -2.36. The van der Waals surface area contributed by atoms with E-state index in [0.29, 0.717) is 6.54 Å². The quantitative estimate of drug-likeness (QED) is 0.887. The van der Waals surface area contributed by atoms with Crippen LogP contribution in [0.2, 0.25) is 0 Å². The van der Waals surface area contributed by atoms with Gasteiger partial charge in [0.25, 0.3) is 0 Å². The Morgan fingerprint density at radius 2 is 1.96 bits per heavy atom. The molecule has 0 saturated carbocycles. The Morgan fingerprint density at radius 3 is 2.65 bits per heavy atom. The zero-order chi connectivity index (χ0) is 16.6. The van der Waals surface area contributed by atoms with E-state index in [-0.39, 0.29) is 12.8 Å². The Balaban J connectivity index is 1.68. The molecule has 5 nitrogen and oxygen atoms in total. The van der Waals surface area contributed by atoms with Crippen LogP contribution in [0.4, 0.5) is 0 Å². The maximum atomic E-state index is 10.8. The van der Waals surface area contributed by atoms with E-state index in [1.807, 2.05) is 38.1 Å². The van der Waals surface area contributed by atoms with Crippen LogP contribution in [-0.4, -0.2) is 18.4 Å². The minimum atomic E-state index is -0.994. The zero-order valence-electron chi connectivity index (χ0n) is 14.0. The number of hydrogen-bond acceptors (Lipinski definition) is 5. The van der Waals surface area contributed by atoms with Crippen molar-refractivity contribution in [1.82, 2.24) is 5.32 Å². The molecule has 2 N–H and O–H groups in total. The van der Waals surface area contributed by atoms with E-state index < -0.39 is 5.60 Å². The number of hydrogen-bond donors (Lipinski definition) is 2. The van der Waals surface area contributed by atoms with Crippen molar-refractivity contribution in [2.45, 2.75) is 39.3 Å². The molecule has 3 rings (SSSR count). The van der Waals surface area contributed by atoms with E-state index in [0.717, 1.165) is 34.1 Å². The van der Waals surface area contributed by atoms with Gasteiger partial charge in [0.05, 0.1) is 0 Å². The van der Waals surface area contributed by atoms with Gasteiger partial charge in [0.1, 0.15) is 17.1 Å². The van der Waals surface area contributed by atoms with E-state index in [2.05, 4.69) is 12.2 Å². The number of aliphatic hydroxyl groups is 1. The third-order valence-electron chi connectivity index (χ3n) is 4.27. The summed E-state index contributed by atoms with van der Waals surface area (Å²) in [6.07, 6.45) is 0. The second-order valence-corrected chi connectivity index (χ2v) is 6.32. The normalized spacial score (nSPS) is 17.1. The van der Waals surface area contributed by atoms with E-state index in [4.69, 9.17) is 13.9 Å². The van der Waals surface area contributed by atoms with Crippen LogP contribution in [0.25, 0.3) is 0 Å². The molecule has 0 spiro atoms. The lowest BCUT2D eigenvalue weighted by atomic mass is 9.95. The summed E-state index contributed by atoms with van der Waals surface area (Å²) in [4.78, 5) is 0. The minimum Gasteiger partial charge on any atom is -0.466 e. The number of furan rings is 1. The first-order chi connectivity index (χ1) is 10.9. The lowest BCUT2D eigenvalue weighted by molar-refractivity contribution is 0.0529. The Hall–Kier alpha value is -1.98. The highest BCUT2D eigenvalue weighted by Crippen LogP contribution is 2.34. The first kappa shape index (κ1) is 15.9. The number of fused-ring (bicyclic) bond motifs is 1. The number of benzene rings is 1. The van der Waals surface area contributed by atoms with Crippen LogP contribution in [-0.2, 0) is 5.60 Å². The van der Waals surface area contributed by atoms with Crippen LogP contribution in [0, 0.1) is 13.8 Å². The van der Waals surface area contributed by atoms with Gasteiger partial charge in [-0.3, -0.25) is 0 Å². The van der Waals surface area contributed by atoms with Gasteiger partial charge >= 0.3 is 0 Å². The third-order valence-corrected chi connectivity index (χ3v) is 4.27. The molecule has 1 aliphatic rings. The van der Waals surface area contributed by atoms with Crippen LogP contribution in [0.1, 0.15) is 42.5 Å². The van der Waals surface area contributed by atoms with Gasteiger partial charge in [0.2, 0.25) is 6.79 Å². The average Bonchev–Trinajstić information content (AvgIpc) is 3.10. The highest BCUT2D eigenvalue weighted by Gasteiger charge is 2.28. The molecule has 1 aliphatic heterocycles.